The Bertz CT molecular complexity index is 417. The third-order valence-corrected chi connectivity index (χ3v) is 2.96. The van der Waals surface area contributed by atoms with Crippen LogP contribution >= 0.6 is 0 Å². The molecule has 0 heterocycles. The maximum absolute atomic E-state index is 12.0. The number of unbranched alkanes of at least 4 members (excludes halogenated alkanes) is 1. The van der Waals surface area contributed by atoms with Gasteiger partial charge in [-0.3, -0.25) is 4.79 Å². The Morgan fingerprint density at radius 2 is 2.11 bits per heavy atom. The first-order valence-electron chi connectivity index (χ1n) is 6.76. The third-order valence-electron chi connectivity index (χ3n) is 2.96. The number of carbonyl (C=O) groups is 1. The highest BCUT2D eigenvalue weighted by molar-refractivity contribution is 5.97. The summed E-state index contributed by atoms with van der Waals surface area (Å²) in [6, 6.07) is 5.07. The van der Waals surface area contributed by atoms with Crippen LogP contribution in [0, 0.1) is 5.92 Å². The fourth-order valence-electron chi connectivity index (χ4n) is 1.88. The van der Waals surface area contributed by atoms with Gasteiger partial charge in [-0.1, -0.05) is 26.7 Å². The zero-order chi connectivity index (χ0) is 14.3. The predicted molar refractivity (Wildman–Crippen MR) is 78.4 cm³/mol. The molecule has 0 spiro atoms. The molecule has 106 valence electrons. The number of benzene rings is 1. The number of amides is 1. The van der Waals surface area contributed by atoms with E-state index in [0.717, 1.165) is 12.8 Å². The number of nitrogens with two attached hydrogens (primary N) is 1. The average Bonchev–Trinajstić information content (AvgIpc) is 2.37. The molecule has 1 amide bonds. The fraction of sp³-hybridized carbons (Fsp3) is 0.533. The molecule has 0 aliphatic carbocycles. The molecule has 0 aromatic heterocycles. The second-order valence-corrected chi connectivity index (χ2v) is 5.11. The van der Waals surface area contributed by atoms with Crippen molar-refractivity contribution >= 4 is 11.6 Å². The van der Waals surface area contributed by atoms with Crippen molar-refractivity contribution in [2.24, 2.45) is 5.92 Å². The maximum atomic E-state index is 12.0. The fourth-order valence-corrected chi connectivity index (χ4v) is 1.88. The number of methoxy groups -OCH3 is 1. The Kier molecular flexibility index (Phi) is 6.19. The van der Waals surface area contributed by atoms with Gasteiger partial charge in [-0.25, -0.2) is 0 Å². The number of carbonyl (C=O) groups excluding carboxylic acids is 1. The van der Waals surface area contributed by atoms with E-state index in [9.17, 15) is 4.79 Å². The largest absolute Gasteiger partial charge is 0.496 e. The van der Waals surface area contributed by atoms with Gasteiger partial charge in [0.25, 0.3) is 5.91 Å². The van der Waals surface area contributed by atoms with Gasteiger partial charge in [-0.05, 0) is 30.5 Å². The van der Waals surface area contributed by atoms with Crippen molar-refractivity contribution < 1.29 is 9.53 Å². The minimum absolute atomic E-state index is 0.131. The number of ether oxygens (including phenoxy) is 1. The van der Waals surface area contributed by atoms with E-state index < -0.39 is 0 Å². The summed E-state index contributed by atoms with van der Waals surface area (Å²) in [5.74, 6) is 1.13. The molecule has 0 saturated carbocycles. The van der Waals surface area contributed by atoms with E-state index in [1.807, 2.05) is 0 Å². The molecule has 1 aromatic rings. The van der Waals surface area contributed by atoms with Gasteiger partial charge in [-0.15, -0.1) is 0 Å². The Morgan fingerprint density at radius 3 is 2.74 bits per heavy atom. The van der Waals surface area contributed by atoms with Crippen LogP contribution in [0.5, 0.6) is 5.75 Å². The molecule has 0 atom stereocenters. The molecular weight excluding hydrogens is 240 g/mol. The van der Waals surface area contributed by atoms with Crippen LogP contribution in [0.15, 0.2) is 18.2 Å². The Morgan fingerprint density at radius 1 is 1.37 bits per heavy atom. The highest BCUT2D eigenvalue weighted by Crippen LogP contribution is 2.20. The van der Waals surface area contributed by atoms with Gasteiger partial charge in [0.05, 0.1) is 12.7 Å². The first-order chi connectivity index (χ1) is 9.04. The molecule has 0 aliphatic rings. The molecule has 0 aliphatic heterocycles. The van der Waals surface area contributed by atoms with Gasteiger partial charge in [0.15, 0.2) is 0 Å². The molecule has 0 saturated heterocycles. The molecule has 19 heavy (non-hydrogen) atoms. The van der Waals surface area contributed by atoms with Crippen LogP contribution in [0.25, 0.3) is 0 Å². The minimum Gasteiger partial charge on any atom is -0.496 e. The average molecular weight is 264 g/mol. The van der Waals surface area contributed by atoms with E-state index in [1.165, 1.54) is 6.42 Å². The molecule has 3 N–H and O–H groups in total. The molecule has 0 fully saturated rings. The molecule has 0 radical (unpaired) electrons. The zero-order valence-corrected chi connectivity index (χ0v) is 12.0. The van der Waals surface area contributed by atoms with Crippen LogP contribution in [-0.2, 0) is 0 Å². The van der Waals surface area contributed by atoms with Crippen molar-refractivity contribution in [3.8, 4) is 5.75 Å². The Hall–Kier alpha value is -1.71. The summed E-state index contributed by atoms with van der Waals surface area (Å²) in [5.41, 5.74) is 6.75. The molecule has 4 nitrogen and oxygen atoms in total. The van der Waals surface area contributed by atoms with E-state index >= 15 is 0 Å². The summed E-state index contributed by atoms with van der Waals surface area (Å²) in [7, 11) is 1.55. The molecule has 1 aromatic carbocycles. The summed E-state index contributed by atoms with van der Waals surface area (Å²) < 4.78 is 5.16. The lowest BCUT2D eigenvalue weighted by molar-refractivity contribution is 0.0950. The summed E-state index contributed by atoms with van der Waals surface area (Å²) in [6.07, 6.45) is 3.32. The van der Waals surface area contributed by atoms with Crippen LogP contribution in [0.3, 0.4) is 0 Å². The highest BCUT2D eigenvalue weighted by Gasteiger charge is 2.11. The summed E-state index contributed by atoms with van der Waals surface area (Å²) >= 11 is 0. The lowest BCUT2D eigenvalue weighted by atomic mass is 10.1. The molecule has 1 rings (SSSR count). The van der Waals surface area contributed by atoms with Crippen LogP contribution in [-0.4, -0.2) is 19.6 Å². The number of rotatable bonds is 7. The SMILES string of the molecule is COc1ccc(N)cc1C(=O)NCCCCC(C)C. The smallest absolute Gasteiger partial charge is 0.255 e. The Balaban J connectivity index is 2.47. The van der Waals surface area contributed by atoms with Gasteiger partial charge in [0, 0.05) is 12.2 Å². The molecule has 0 bridgehead atoms. The molecule has 4 heteroatoms. The summed E-state index contributed by atoms with van der Waals surface area (Å²) in [6.45, 7) is 5.09. The standard InChI is InChI=1S/C15H24N2O2/c1-11(2)6-4-5-9-17-15(18)13-10-12(16)7-8-14(13)19-3/h7-8,10-11H,4-6,9,16H2,1-3H3,(H,17,18). The topological polar surface area (TPSA) is 64.3 Å². The predicted octanol–water partition coefficient (Wildman–Crippen LogP) is 2.83. The monoisotopic (exact) mass is 264 g/mol. The Labute approximate surface area is 115 Å². The first kappa shape index (κ1) is 15.3. The van der Waals surface area contributed by atoms with Crippen LogP contribution in [0.2, 0.25) is 0 Å². The van der Waals surface area contributed by atoms with Gasteiger partial charge in [0.2, 0.25) is 0 Å². The second kappa shape index (κ2) is 7.67. The van der Waals surface area contributed by atoms with E-state index in [1.54, 1.807) is 25.3 Å². The van der Waals surface area contributed by atoms with E-state index in [2.05, 4.69) is 19.2 Å². The van der Waals surface area contributed by atoms with Gasteiger partial charge in [-0.2, -0.15) is 0 Å². The van der Waals surface area contributed by atoms with Gasteiger partial charge < -0.3 is 15.8 Å². The number of anilines is 1. The van der Waals surface area contributed by atoms with E-state index in [0.29, 0.717) is 29.5 Å². The lowest BCUT2D eigenvalue weighted by Gasteiger charge is -2.10. The minimum atomic E-state index is -0.131. The van der Waals surface area contributed by atoms with Crippen LogP contribution in [0.4, 0.5) is 5.69 Å². The third kappa shape index (κ3) is 5.20. The number of hydrogen-bond donors (Lipinski definition) is 2. The quantitative estimate of drug-likeness (QED) is 0.588. The van der Waals surface area contributed by atoms with Gasteiger partial charge >= 0.3 is 0 Å². The molecular formula is C15H24N2O2. The van der Waals surface area contributed by atoms with Crippen molar-refractivity contribution in [3.63, 3.8) is 0 Å². The second-order valence-electron chi connectivity index (χ2n) is 5.11. The molecule has 0 unspecified atom stereocenters. The maximum Gasteiger partial charge on any atom is 0.255 e. The highest BCUT2D eigenvalue weighted by atomic mass is 16.5. The van der Waals surface area contributed by atoms with E-state index in [-0.39, 0.29) is 5.91 Å². The van der Waals surface area contributed by atoms with Crippen molar-refractivity contribution in [2.75, 3.05) is 19.4 Å². The van der Waals surface area contributed by atoms with Crippen molar-refractivity contribution in [2.45, 2.75) is 33.1 Å². The van der Waals surface area contributed by atoms with Crippen molar-refractivity contribution in [1.29, 1.82) is 0 Å². The van der Waals surface area contributed by atoms with E-state index in [4.69, 9.17) is 10.5 Å². The normalized spacial score (nSPS) is 10.5. The van der Waals surface area contributed by atoms with Crippen LogP contribution in [0.1, 0.15) is 43.5 Å². The lowest BCUT2D eigenvalue weighted by Crippen LogP contribution is -2.25. The number of nitrogen functional groups attached to an aromatic ring is 1. The summed E-state index contributed by atoms with van der Waals surface area (Å²) in [4.78, 5) is 12.0. The van der Waals surface area contributed by atoms with Gasteiger partial charge in [0.1, 0.15) is 5.75 Å². The zero-order valence-electron chi connectivity index (χ0n) is 12.0. The number of hydrogen-bond acceptors (Lipinski definition) is 3. The van der Waals surface area contributed by atoms with Crippen molar-refractivity contribution in [3.05, 3.63) is 23.8 Å². The summed E-state index contributed by atoms with van der Waals surface area (Å²) in [5, 5.41) is 2.90. The number of nitrogens with one attached hydrogen (secondary N) is 1. The first-order valence-corrected chi connectivity index (χ1v) is 6.76. The van der Waals surface area contributed by atoms with Crippen molar-refractivity contribution in [1.82, 2.24) is 5.32 Å². The van der Waals surface area contributed by atoms with Crippen LogP contribution < -0.4 is 15.8 Å².